The van der Waals surface area contributed by atoms with E-state index in [1.165, 1.54) is 24.2 Å². The van der Waals surface area contributed by atoms with E-state index in [9.17, 15) is 9.90 Å². The number of piperidine rings is 1. The number of carbonyl (C=O) groups excluding carboxylic acids is 1. The van der Waals surface area contributed by atoms with Crippen LogP contribution in [0.5, 0.6) is 0 Å². The second kappa shape index (κ2) is 6.09. The molecule has 3 heterocycles. The molecule has 0 aromatic carbocycles. The first-order valence-corrected chi connectivity index (χ1v) is 9.85. The Balaban J connectivity index is 1.41. The van der Waals surface area contributed by atoms with Gasteiger partial charge >= 0.3 is 0 Å². The van der Waals surface area contributed by atoms with E-state index in [1.807, 2.05) is 4.90 Å². The lowest BCUT2D eigenvalue weighted by Crippen LogP contribution is -2.51. The maximum Gasteiger partial charge on any atom is 0.255 e. The molecule has 0 saturated carbocycles. The Morgan fingerprint density at radius 1 is 1.26 bits per heavy atom. The third-order valence-electron chi connectivity index (χ3n) is 5.45. The number of hydrogen-bond donors (Lipinski definition) is 1. The summed E-state index contributed by atoms with van der Waals surface area (Å²) >= 11 is 1.67. The zero-order chi connectivity index (χ0) is 15.9. The van der Waals surface area contributed by atoms with Crippen LogP contribution in [0.15, 0.2) is 0 Å². The molecule has 1 atom stereocenters. The van der Waals surface area contributed by atoms with Crippen LogP contribution in [0.2, 0.25) is 0 Å². The predicted octanol–water partition coefficient (Wildman–Crippen LogP) is 1.19. The molecule has 1 N–H and O–H groups in total. The van der Waals surface area contributed by atoms with Crippen LogP contribution in [0, 0.1) is 0 Å². The quantitative estimate of drug-likeness (QED) is 0.878. The van der Waals surface area contributed by atoms with Crippen molar-refractivity contribution < 1.29 is 9.90 Å². The van der Waals surface area contributed by atoms with Crippen molar-refractivity contribution in [1.29, 1.82) is 0 Å². The van der Waals surface area contributed by atoms with Gasteiger partial charge < -0.3 is 10.0 Å². The number of aryl methyl sites for hydroxylation is 1. The summed E-state index contributed by atoms with van der Waals surface area (Å²) in [7, 11) is 0. The lowest BCUT2D eigenvalue weighted by molar-refractivity contribution is -0.150. The average molecular weight is 336 g/mol. The molecule has 1 amide bonds. The highest BCUT2D eigenvalue weighted by molar-refractivity contribution is 7.99. The largest absolute Gasteiger partial charge is 0.379 e. The van der Waals surface area contributed by atoms with Gasteiger partial charge in [0, 0.05) is 18.8 Å². The number of thioether (sulfide) groups is 1. The molecular formula is C16H24N4O2S. The van der Waals surface area contributed by atoms with E-state index < -0.39 is 5.60 Å². The third-order valence-corrected chi connectivity index (χ3v) is 6.62. The van der Waals surface area contributed by atoms with Crippen molar-refractivity contribution in [2.75, 3.05) is 24.6 Å². The third kappa shape index (κ3) is 2.78. The van der Waals surface area contributed by atoms with Crippen molar-refractivity contribution >= 4 is 17.7 Å². The van der Waals surface area contributed by atoms with Crippen molar-refractivity contribution in [3.8, 4) is 0 Å². The molecule has 0 radical (unpaired) electrons. The highest BCUT2D eigenvalue weighted by atomic mass is 32.2. The van der Waals surface area contributed by atoms with Gasteiger partial charge in [-0.3, -0.25) is 4.79 Å². The number of hydrogen-bond acceptors (Lipinski definition) is 5. The smallest absolute Gasteiger partial charge is 0.255 e. The molecule has 1 aromatic rings. The van der Waals surface area contributed by atoms with Gasteiger partial charge in [-0.15, -0.1) is 5.10 Å². The van der Waals surface area contributed by atoms with Crippen LogP contribution in [0.4, 0.5) is 0 Å². The molecule has 126 valence electrons. The molecule has 3 aliphatic rings. The molecule has 0 spiro atoms. The minimum atomic E-state index is -1.12. The minimum Gasteiger partial charge on any atom is -0.379 e. The number of rotatable bonds is 2. The second-order valence-corrected chi connectivity index (χ2v) is 8.10. The molecule has 2 saturated heterocycles. The first-order chi connectivity index (χ1) is 11.2. The summed E-state index contributed by atoms with van der Waals surface area (Å²) in [5.74, 6) is 1.35. The highest BCUT2D eigenvalue weighted by Gasteiger charge is 2.43. The van der Waals surface area contributed by atoms with E-state index in [2.05, 4.69) is 15.0 Å². The van der Waals surface area contributed by atoms with Gasteiger partial charge in [0.1, 0.15) is 0 Å². The summed E-state index contributed by atoms with van der Waals surface area (Å²) in [5, 5.41) is 19.2. The van der Waals surface area contributed by atoms with Crippen molar-refractivity contribution in [2.24, 2.45) is 0 Å². The molecule has 0 bridgehead atoms. The number of nitrogens with zero attached hydrogens (tertiary/aromatic N) is 4. The molecule has 4 rings (SSSR count). The van der Waals surface area contributed by atoms with E-state index in [-0.39, 0.29) is 5.91 Å². The van der Waals surface area contributed by atoms with Gasteiger partial charge in [-0.1, -0.05) is 5.21 Å². The summed E-state index contributed by atoms with van der Waals surface area (Å²) < 4.78 is 2.12. The summed E-state index contributed by atoms with van der Waals surface area (Å²) in [6, 6.07) is 0.348. The van der Waals surface area contributed by atoms with Crippen LogP contribution in [0.25, 0.3) is 0 Å². The Morgan fingerprint density at radius 3 is 2.78 bits per heavy atom. The summed E-state index contributed by atoms with van der Waals surface area (Å²) in [6.07, 6.45) is 6.98. The molecule has 1 aliphatic carbocycles. The Morgan fingerprint density at radius 2 is 2.04 bits per heavy atom. The zero-order valence-electron chi connectivity index (χ0n) is 13.4. The van der Waals surface area contributed by atoms with Crippen LogP contribution in [0.3, 0.4) is 0 Å². The SMILES string of the molecule is O=C(N1CCC(n2nnc3c2CCCC3)CC1)C1(O)CCSC1. The van der Waals surface area contributed by atoms with Gasteiger partial charge in [-0.05, 0) is 50.7 Å². The number of carbonyl (C=O) groups is 1. The summed E-state index contributed by atoms with van der Waals surface area (Å²) in [4.78, 5) is 14.4. The monoisotopic (exact) mass is 336 g/mol. The van der Waals surface area contributed by atoms with Gasteiger partial charge in [0.25, 0.3) is 5.91 Å². The summed E-state index contributed by atoms with van der Waals surface area (Å²) in [5.41, 5.74) is 1.36. The van der Waals surface area contributed by atoms with Gasteiger partial charge in [0.05, 0.1) is 17.4 Å². The molecule has 23 heavy (non-hydrogen) atoms. The van der Waals surface area contributed by atoms with Crippen LogP contribution in [-0.2, 0) is 17.6 Å². The van der Waals surface area contributed by atoms with Gasteiger partial charge in [0.15, 0.2) is 5.60 Å². The van der Waals surface area contributed by atoms with E-state index in [1.54, 1.807) is 11.8 Å². The molecule has 1 aromatic heterocycles. The average Bonchev–Trinajstić information content (AvgIpc) is 3.21. The van der Waals surface area contributed by atoms with Crippen LogP contribution in [-0.4, -0.2) is 61.1 Å². The Labute approximate surface area is 140 Å². The molecule has 7 heteroatoms. The van der Waals surface area contributed by atoms with Crippen molar-refractivity contribution in [1.82, 2.24) is 19.9 Å². The van der Waals surface area contributed by atoms with E-state index in [0.29, 0.717) is 31.3 Å². The number of likely N-dealkylation sites (tertiary alicyclic amines) is 1. The topological polar surface area (TPSA) is 71.2 Å². The Bertz CT molecular complexity index is 589. The Hall–Kier alpha value is -1.08. The van der Waals surface area contributed by atoms with Gasteiger partial charge in [-0.25, -0.2) is 4.68 Å². The lowest BCUT2D eigenvalue weighted by atomic mass is 9.97. The standard InChI is InChI=1S/C16H24N4O2S/c21-15(16(22)7-10-23-11-16)19-8-5-12(6-9-19)20-14-4-2-1-3-13(14)17-18-20/h12,22H,1-11H2. The number of amides is 1. The van der Waals surface area contributed by atoms with E-state index in [0.717, 1.165) is 31.4 Å². The van der Waals surface area contributed by atoms with Crippen molar-refractivity contribution in [3.05, 3.63) is 11.4 Å². The van der Waals surface area contributed by atoms with Crippen LogP contribution in [0.1, 0.15) is 49.5 Å². The molecular weight excluding hydrogens is 312 g/mol. The number of aromatic nitrogens is 3. The molecule has 1 unspecified atom stereocenters. The maximum atomic E-state index is 12.6. The maximum absolute atomic E-state index is 12.6. The highest BCUT2D eigenvalue weighted by Crippen LogP contribution is 2.32. The van der Waals surface area contributed by atoms with Crippen LogP contribution >= 0.6 is 11.8 Å². The van der Waals surface area contributed by atoms with Crippen molar-refractivity contribution in [3.63, 3.8) is 0 Å². The number of aliphatic hydroxyl groups is 1. The van der Waals surface area contributed by atoms with E-state index >= 15 is 0 Å². The number of fused-ring (bicyclic) bond motifs is 1. The minimum absolute atomic E-state index is 0.0680. The van der Waals surface area contributed by atoms with E-state index in [4.69, 9.17) is 0 Å². The van der Waals surface area contributed by atoms with Gasteiger partial charge in [-0.2, -0.15) is 11.8 Å². The summed E-state index contributed by atoms with van der Waals surface area (Å²) in [6.45, 7) is 1.43. The molecule has 2 fully saturated rings. The van der Waals surface area contributed by atoms with Gasteiger partial charge in [0.2, 0.25) is 0 Å². The second-order valence-electron chi connectivity index (χ2n) is 6.99. The zero-order valence-corrected chi connectivity index (χ0v) is 14.2. The Kier molecular flexibility index (Phi) is 4.09. The fourth-order valence-electron chi connectivity index (χ4n) is 4.01. The lowest BCUT2D eigenvalue weighted by Gasteiger charge is -2.36. The first kappa shape index (κ1) is 15.4. The normalized spacial score (nSPS) is 28.8. The van der Waals surface area contributed by atoms with Crippen LogP contribution < -0.4 is 0 Å². The van der Waals surface area contributed by atoms with Crippen molar-refractivity contribution in [2.45, 2.75) is 56.6 Å². The first-order valence-electron chi connectivity index (χ1n) is 8.70. The molecule has 6 nitrogen and oxygen atoms in total. The predicted molar refractivity (Wildman–Crippen MR) is 88.4 cm³/mol. The fourth-order valence-corrected chi connectivity index (χ4v) is 5.24. The fraction of sp³-hybridized carbons (Fsp3) is 0.812. The molecule has 2 aliphatic heterocycles.